The molecular weight excluding hydrogens is 330 g/mol. The SMILES string of the molecule is COc1cc(Br)c(CCNC(=O)CCS)cc1OC. The van der Waals surface area contributed by atoms with Crippen LogP contribution < -0.4 is 14.8 Å². The van der Waals surface area contributed by atoms with E-state index < -0.39 is 0 Å². The number of carbonyl (C=O) groups is 1. The third kappa shape index (κ3) is 4.95. The van der Waals surface area contributed by atoms with Gasteiger partial charge in [0, 0.05) is 17.4 Å². The lowest BCUT2D eigenvalue weighted by atomic mass is 10.1. The van der Waals surface area contributed by atoms with E-state index in [0.717, 1.165) is 16.5 Å². The average molecular weight is 348 g/mol. The van der Waals surface area contributed by atoms with Crippen molar-refractivity contribution in [2.75, 3.05) is 26.5 Å². The van der Waals surface area contributed by atoms with Gasteiger partial charge in [-0.2, -0.15) is 12.6 Å². The Kier molecular flexibility index (Phi) is 7.09. The molecular formula is C13H18BrNO3S. The molecule has 106 valence electrons. The average Bonchev–Trinajstić information content (AvgIpc) is 2.40. The number of hydrogen-bond acceptors (Lipinski definition) is 4. The van der Waals surface area contributed by atoms with Crippen LogP contribution in [0.4, 0.5) is 0 Å². The van der Waals surface area contributed by atoms with E-state index in [1.807, 2.05) is 12.1 Å². The molecule has 1 aromatic carbocycles. The van der Waals surface area contributed by atoms with Gasteiger partial charge in [-0.3, -0.25) is 4.79 Å². The van der Waals surface area contributed by atoms with Crippen LogP contribution in [0.25, 0.3) is 0 Å². The van der Waals surface area contributed by atoms with Crippen LogP contribution in [0.5, 0.6) is 11.5 Å². The number of ether oxygens (including phenoxy) is 2. The van der Waals surface area contributed by atoms with Gasteiger partial charge in [-0.15, -0.1) is 0 Å². The molecule has 1 aromatic rings. The Morgan fingerprint density at radius 3 is 2.53 bits per heavy atom. The van der Waals surface area contributed by atoms with Crippen LogP contribution in [-0.4, -0.2) is 32.4 Å². The maximum atomic E-state index is 11.3. The van der Waals surface area contributed by atoms with Crippen LogP contribution in [0.1, 0.15) is 12.0 Å². The minimum Gasteiger partial charge on any atom is -0.493 e. The number of benzene rings is 1. The maximum absolute atomic E-state index is 11.3. The molecule has 0 aliphatic heterocycles. The summed E-state index contributed by atoms with van der Waals surface area (Å²) in [6, 6.07) is 3.78. The molecule has 0 saturated carbocycles. The minimum absolute atomic E-state index is 0.0200. The van der Waals surface area contributed by atoms with Gasteiger partial charge in [-0.05, 0) is 29.9 Å². The van der Waals surface area contributed by atoms with Crippen molar-refractivity contribution in [1.82, 2.24) is 5.32 Å². The molecule has 0 saturated heterocycles. The number of nitrogens with one attached hydrogen (secondary N) is 1. The van der Waals surface area contributed by atoms with E-state index in [1.165, 1.54) is 0 Å². The van der Waals surface area contributed by atoms with Gasteiger partial charge in [-0.25, -0.2) is 0 Å². The summed E-state index contributed by atoms with van der Waals surface area (Å²) in [5, 5.41) is 2.84. The van der Waals surface area contributed by atoms with Gasteiger partial charge in [0.1, 0.15) is 0 Å². The zero-order valence-electron chi connectivity index (χ0n) is 11.0. The Hall–Kier alpha value is -0.880. The molecule has 1 rings (SSSR count). The zero-order valence-corrected chi connectivity index (χ0v) is 13.5. The topological polar surface area (TPSA) is 47.6 Å². The van der Waals surface area contributed by atoms with Crippen LogP contribution >= 0.6 is 28.6 Å². The summed E-state index contributed by atoms with van der Waals surface area (Å²) in [5.74, 6) is 1.94. The summed E-state index contributed by atoms with van der Waals surface area (Å²) in [4.78, 5) is 11.3. The predicted molar refractivity (Wildman–Crippen MR) is 82.4 cm³/mol. The highest BCUT2D eigenvalue weighted by atomic mass is 79.9. The fraction of sp³-hybridized carbons (Fsp3) is 0.462. The summed E-state index contributed by atoms with van der Waals surface area (Å²) in [6.07, 6.45) is 1.16. The second-order valence-electron chi connectivity index (χ2n) is 3.87. The Bertz CT molecular complexity index is 440. The monoisotopic (exact) mass is 347 g/mol. The highest BCUT2D eigenvalue weighted by molar-refractivity contribution is 9.10. The molecule has 6 heteroatoms. The van der Waals surface area contributed by atoms with E-state index in [-0.39, 0.29) is 5.91 Å². The molecule has 0 atom stereocenters. The van der Waals surface area contributed by atoms with Crippen molar-refractivity contribution in [3.8, 4) is 11.5 Å². The van der Waals surface area contributed by atoms with E-state index in [9.17, 15) is 4.79 Å². The van der Waals surface area contributed by atoms with Crippen molar-refractivity contribution in [3.63, 3.8) is 0 Å². The minimum atomic E-state index is 0.0200. The summed E-state index contributed by atoms with van der Waals surface area (Å²) >= 11 is 7.51. The highest BCUT2D eigenvalue weighted by Crippen LogP contribution is 2.33. The first-order valence-corrected chi connectivity index (χ1v) is 7.32. The summed E-state index contributed by atoms with van der Waals surface area (Å²) < 4.78 is 11.4. The molecule has 0 heterocycles. The van der Waals surface area contributed by atoms with Gasteiger partial charge in [0.2, 0.25) is 5.91 Å². The normalized spacial score (nSPS) is 10.1. The second-order valence-corrected chi connectivity index (χ2v) is 5.17. The van der Waals surface area contributed by atoms with E-state index >= 15 is 0 Å². The van der Waals surface area contributed by atoms with Gasteiger partial charge in [0.25, 0.3) is 0 Å². The van der Waals surface area contributed by atoms with Crippen molar-refractivity contribution in [2.24, 2.45) is 0 Å². The fourth-order valence-corrected chi connectivity index (χ4v) is 2.34. The molecule has 0 radical (unpaired) electrons. The Morgan fingerprint density at radius 1 is 1.32 bits per heavy atom. The van der Waals surface area contributed by atoms with Crippen LogP contribution in [0.15, 0.2) is 16.6 Å². The number of amides is 1. The highest BCUT2D eigenvalue weighted by Gasteiger charge is 2.09. The quantitative estimate of drug-likeness (QED) is 0.744. The maximum Gasteiger partial charge on any atom is 0.220 e. The first kappa shape index (κ1) is 16.2. The lowest BCUT2D eigenvalue weighted by molar-refractivity contribution is -0.120. The zero-order chi connectivity index (χ0) is 14.3. The van der Waals surface area contributed by atoms with Gasteiger partial charge >= 0.3 is 0 Å². The number of halogens is 1. The Labute approximate surface area is 127 Å². The standard InChI is InChI=1S/C13H18BrNO3S/c1-17-11-7-9(10(14)8-12(11)18-2)3-5-15-13(16)4-6-19/h7-8,19H,3-6H2,1-2H3,(H,15,16). The molecule has 0 aliphatic rings. The molecule has 19 heavy (non-hydrogen) atoms. The van der Waals surface area contributed by atoms with Crippen molar-refractivity contribution < 1.29 is 14.3 Å². The largest absolute Gasteiger partial charge is 0.493 e. The molecule has 4 nitrogen and oxygen atoms in total. The summed E-state index contributed by atoms with van der Waals surface area (Å²) in [6.45, 7) is 0.584. The van der Waals surface area contributed by atoms with Crippen LogP contribution in [0.2, 0.25) is 0 Å². The van der Waals surface area contributed by atoms with Crippen molar-refractivity contribution in [3.05, 3.63) is 22.2 Å². The molecule has 0 fully saturated rings. The van der Waals surface area contributed by atoms with E-state index in [1.54, 1.807) is 14.2 Å². The summed E-state index contributed by atoms with van der Waals surface area (Å²) in [5.41, 5.74) is 1.06. The molecule has 1 amide bonds. The van der Waals surface area contributed by atoms with Crippen molar-refractivity contribution in [2.45, 2.75) is 12.8 Å². The number of hydrogen-bond donors (Lipinski definition) is 2. The number of methoxy groups -OCH3 is 2. The molecule has 0 unspecified atom stereocenters. The van der Waals surface area contributed by atoms with Gasteiger partial charge in [-0.1, -0.05) is 15.9 Å². The lowest BCUT2D eigenvalue weighted by Crippen LogP contribution is -2.25. The first-order valence-electron chi connectivity index (χ1n) is 5.90. The third-order valence-electron chi connectivity index (χ3n) is 2.61. The lowest BCUT2D eigenvalue weighted by Gasteiger charge is -2.12. The van der Waals surface area contributed by atoms with Crippen LogP contribution in [-0.2, 0) is 11.2 Å². The molecule has 0 aromatic heterocycles. The van der Waals surface area contributed by atoms with Gasteiger partial charge in [0.15, 0.2) is 11.5 Å². The Balaban J connectivity index is 2.65. The number of thiol groups is 1. The van der Waals surface area contributed by atoms with Crippen LogP contribution in [0.3, 0.4) is 0 Å². The van der Waals surface area contributed by atoms with E-state index in [4.69, 9.17) is 9.47 Å². The summed E-state index contributed by atoms with van der Waals surface area (Å²) in [7, 11) is 3.20. The third-order valence-corrected chi connectivity index (χ3v) is 3.57. The molecule has 0 spiro atoms. The smallest absolute Gasteiger partial charge is 0.220 e. The van der Waals surface area contributed by atoms with Gasteiger partial charge in [0.05, 0.1) is 14.2 Å². The Morgan fingerprint density at radius 2 is 1.95 bits per heavy atom. The van der Waals surface area contributed by atoms with E-state index in [0.29, 0.717) is 30.2 Å². The number of rotatable bonds is 7. The number of carbonyl (C=O) groups excluding carboxylic acids is 1. The molecule has 0 bridgehead atoms. The molecule has 0 aliphatic carbocycles. The van der Waals surface area contributed by atoms with E-state index in [2.05, 4.69) is 33.9 Å². The van der Waals surface area contributed by atoms with Crippen molar-refractivity contribution in [1.29, 1.82) is 0 Å². The van der Waals surface area contributed by atoms with Crippen LogP contribution in [0, 0.1) is 0 Å². The van der Waals surface area contributed by atoms with Crippen molar-refractivity contribution >= 4 is 34.5 Å². The molecule has 1 N–H and O–H groups in total. The fourth-order valence-electron chi connectivity index (χ4n) is 1.61. The predicted octanol–water partition coefficient (Wildman–Crippen LogP) is 2.44. The second kappa shape index (κ2) is 8.32. The first-order chi connectivity index (χ1) is 9.12. The van der Waals surface area contributed by atoms with Gasteiger partial charge < -0.3 is 14.8 Å².